The summed E-state index contributed by atoms with van der Waals surface area (Å²) in [6.45, 7) is 0. The number of methoxy groups -OCH3 is 1. The molecule has 1 aromatic heterocycles. The van der Waals surface area contributed by atoms with Gasteiger partial charge < -0.3 is 14.5 Å². The lowest BCUT2D eigenvalue weighted by Crippen LogP contribution is -2.14. The van der Waals surface area contributed by atoms with E-state index in [0.717, 1.165) is 20.7 Å². The summed E-state index contributed by atoms with van der Waals surface area (Å²) in [5.74, 6) is 0.760. The summed E-state index contributed by atoms with van der Waals surface area (Å²) in [6.07, 6.45) is 0. The lowest BCUT2D eigenvalue weighted by atomic mass is 10.2. The molecular formula is C17H12Br2ClN3O3S. The molecule has 0 aliphatic rings. The Hall–Kier alpha value is -1.55. The summed E-state index contributed by atoms with van der Waals surface area (Å²) < 4.78 is 12.6. The Bertz CT molecular complexity index is 984. The SMILES string of the molecule is COc1ccc(Cl)cc1-c1nnc(SCC(=O)Nc2cc(Br)ccc2Br)o1. The van der Waals surface area contributed by atoms with Crippen LogP contribution >= 0.6 is 55.2 Å². The second kappa shape index (κ2) is 9.09. The molecule has 10 heteroatoms. The van der Waals surface area contributed by atoms with Gasteiger partial charge >= 0.3 is 0 Å². The number of anilines is 1. The second-order valence-electron chi connectivity index (χ2n) is 5.18. The molecule has 0 atom stereocenters. The van der Waals surface area contributed by atoms with Crippen LogP contribution in [0.1, 0.15) is 0 Å². The summed E-state index contributed by atoms with van der Waals surface area (Å²) in [5.41, 5.74) is 1.26. The average molecular weight is 534 g/mol. The van der Waals surface area contributed by atoms with Gasteiger partial charge in [0.05, 0.1) is 24.1 Å². The molecule has 0 bridgehead atoms. The fourth-order valence-electron chi connectivity index (χ4n) is 2.13. The first-order valence-corrected chi connectivity index (χ1v) is 10.5. The third-order valence-electron chi connectivity index (χ3n) is 3.33. The van der Waals surface area contributed by atoms with E-state index >= 15 is 0 Å². The average Bonchev–Trinajstić information content (AvgIpc) is 3.12. The number of carbonyl (C=O) groups excluding carboxylic acids is 1. The molecule has 0 spiro atoms. The zero-order chi connectivity index (χ0) is 19.4. The first-order valence-electron chi connectivity index (χ1n) is 7.51. The van der Waals surface area contributed by atoms with E-state index in [2.05, 4.69) is 47.4 Å². The number of carbonyl (C=O) groups is 1. The van der Waals surface area contributed by atoms with Gasteiger partial charge in [-0.25, -0.2) is 0 Å². The van der Waals surface area contributed by atoms with Crippen molar-refractivity contribution < 1.29 is 13.9 Å². The molecule has 0 aliphatic heterocycles. The van der Waals surface area contributed by atoms with E-state index in [1.54, 1.807) is 25.3 Å². The van der Waals surface area contributed by atoms with Crippen molar-refractivity contribution in [3.63, 3.8) is 0 Å². The van der Waals surface area contributed by atoms with Crippen LogP contribution in [0.3, 0.4) is 0 Å². The van der Waals surface area contributed by atoms with Crippen LogP contribution in [0.5, 0.6) is 5.75 Å². The van der Waals surface area contributed by atoms with Crippen molar-refractivity contribution in [3.05, 3.63) is 50.4 Å². The molecule has 0 saturated heterocycles. The number of amides is 1. The van der Waals surface area contributed by atoms with Crippen molar-refractivity contribution in [1.82, 2.24) is 10.2 Å². The van der Waals surface area contributed by atoms with Gasteiger partial charge in [-0.3, -0.25) is 4.79 Å². The van der Waals surface area contributed by atoms with Crippen molar-refractivity contribution in [2.45, 2.75) is 5.22 Å². The smallest absolute Gasteiger partial charge is 0.277 e. The molecule has 0 radical (unpaired) electrons. The molecule has 6 nitrogen and oxygen atoms in total. The summed E-state index contributed by atoms with van der Waals surface area (Å²) in [6, 6.07) is 10.6. The Morgan fingerprint density at radius 2 is 2.07 bits per heavy atom. The summed E-state index contributed by atoms with van der Waals surface area (Å²) in [5, 5.41) is 11.6. The second-order valence-corrected chi connectivity index (χ2v) is 8.31. The van der Waals surface area contributed by atoms with Gasteiger partial charge in [-0.15, -0.1) is 10.2 Å². The predicted octanol–water partition coefficient (Wildman–Crippen LogP) is 5.65. The highest BCUT2D eigenvalue weighted by atomic mass is 79.9. The maximum Gasteiger partial charge on any atom is 0.277 e. The molecule has 1 N–H and O–H groups in total. The predicted molar refractivity (Wildman–Crippen MR) is 112 cm³/mol. The quantitative estimate of drug-likeness (QED) is 0.413. The lowest BCUT2D eigenvalue weighted by Gasteiger charge is -2.07. The fraction of sp³-hybridized carbons (Fsp3) is 0.118. The Balaban J connectivity index is 1.65. The number of aromatic nitrogens is 2. The van der Waals surface area contributed by atoms with Gasteiger partial charge in [0.15, 0.2) is 0 Å². The molecule has 0 aliphatic carbocycles. The molecule has 140 valence electrons. The number of nitrogens with zero attached hydrogens (tertiary/aromatic N) is 2. The summed E-state index contributed by atoms with van der Waals surface area (Å²) in [7, 11) is 1.54. The minimum absolute atomic E-state index is 0.118. The number of hydrogen-bond acceptors (Lipinski definition) is 6. The number of benzene rings is 2. The van der Waals surface area contributed by atoms with Gasteiger partial charge in [0.25, 0.3) is 11.1 Å². The van der Waals surface area contributed by atoms with Gasteiger partial charge in [-0.05, 0) is 52.3 Å². The molecule has 2 aromatic carbocycles. The highest BCUT2D eigenvalue weighted by Gasteiger charge is 2.16. The van der Waals surface area contributed by atoms with Crippen LogP contribution in [0.4, 0.5) is 5.69 Å². The lowest BCUT2D eigenvalue weighted by molar-refractivity contribution is -0.113. The van der Waals surface area contributed by atoms with Crippen LogP contribution in [0.2, 0.25) is 5.02 Å². The molecule has 0 fully saturated rings. The molecule has 0 unspecified atom stereocenters. The molecule has 27 heavy (non-hydrogen) atoms. The Morgan fingerprint density at radius 1 is 1.26 bits per heavy atom. The van der Waals surface area contributed by atoms with Crippen LogP contribution in [-0.2, 0) is 4.79 Å². The van der Waals surface area contributed by atoms with E-state index < -0.39 is 0 Å². The number of thioether (sulfide) groups is 1. The van der Waals surface area contributed by atoms with Crippen LogP contribution in [-0.4, -0.2) is 29.0 Å². The topological polar surface area (TPSA) is 77.2 Å². The van der Waals surface area contributed by atoms with E-state index in [1.165, 1.54) is 0 Å². The fourth-order valence-corrected chi connectivity index (χ4v) is 3.57. The van der Waals surface area contributed by atoms with Crippen molar-refractivity contribution in [2.24, 2.45) is 0 Å². The van der Waals surface area contributed by atoms with E-state index in [4.69, 9.17) is 20.8 Å². The number of rotatable bonds is 6. The highest BCUT2D eigenvalue weighted by Crippen LogP contribution is 2.33. The molecule has 3 aromatic rings. The monoisotopic (exact) mass is 531 g/mol. The van der Waals surface area contributed by atoms with Gasteiger partial charge in [-0.2, -0.15) is 0 Å². The molecule has 1 heterocycles. The van der Waals surface area contributed by atoms with Crippen molar-refractivity contribution >= 4 is 66.8 Å². The van der Waals surface area contributed by atoms with Crippen LogP contribution in [0.25, 0.3) is 11.5 Å². The first kappa shape index (κ1) is 20.2. The van der Waals surface area contributed by atoms with E-state index in [1.807, 2.05) is 18.2 Å². The van der Waals surface area contributed by atoms with E-state index in [-0.39, 0.29) is 22.8 Å². The van der Waals surface area contributed by atoms with Gasteiger partial charge in [-0.1, -0.05) is 39.3 Å². The van der Waals surface area contributed by atoms with E-state index in [9.17, 15) is 4.79 Å². The zero-order valence-corrected chi connectivity index (χ0v) is 18.6. The third-order valence-corrected chi connectivity index (χ3v) is 5.57. The Labute approximate surface area is 181 Å². The van der Waals surface area contributed by atoms with Crippen molar-refractivity contribution in [3.8, 4) is 17.2 Å². The number of halogens is 3. The van der Waals surface area contributed by atoms with Gasteiger partial charge in [0, 0.05) is 14.0 Å². The van der Waals surface area contributed by atoms with Crippen LogP contribution in [0, 0.1) is 0 Å². The Kier molecular flexibility index (Phi) is 6.80. The molecule has 1 amide bonds. The minimum Gasteiger partial charge on any atom is -0.496 e. The molecule has 3 rings (SSSR count). The maximum absolute atomic E-state index is 12.2. The molecule has 0 saturated carbocycles. The van der Waals surface area contributed by atoms with Crippen molar-refractivity contribution in [2.75, 3.05) is 18.2 Å². The standard InChI is InChI=1S/C17H12Br2ClN3O3S/c1-25-14-5-3-10(20)7-11(14)16-22-23-17(26-16)27-8-15(24)21-13-6-9(18)2-4-12(13)19/h2-7H,8H2,1H3,(H,21,24). The number of ether oxygens (including phenoxy) is 1. The third kappa shape index (κ3) is 5.25. The first-order chi connectivity index (χ1) is 13.0. The van der Waals surface area contributed by atoms with Crippen LogP contribution < -0.4 is 10.1 Å². The zero-order valence-electron chi connectivity index (χ0n) is 13.8. The maximum atomic E-state index is 12.2. The number of hydrogen-bond donors (Lipinski definition) is 1. The molecular weight excluding hydrogens is 522 g/mol. The number of nitrogens with one attached hydrogen (secondary N) is 1. The van der Waals surface area contributed by atoms with Crippen LogP contribution in [0.15, 0.2) is 55.0 Å². The van der Waals surface area contributed by atoms with E-state index in [0.29, 0.717) is 22.0 Å². The largest absolute Gasteiger partial charge is 0.496 e. The summed E-state index contributed by atoms with van der Waals surface area (Å²) in [4.78, 5) is 12.2. The van der Waals surface area contributed by atoms with Gasteiger partial charge in [0.1, 0.15) is 5.75 Å². The van der Waals surface area contributed by atoms with Gasteiger partial charge in [0.2, 0.25) is 5.91 Å². The minimum atomic E-state index is -0.195. The van der Waals surface area contributed by atoms with Crippen molar-refractivity contribution in [1.29, 1.82) is 0 Å². The summed E-state index contributed by atoms with van der Waals surface area (Å²) >= 11 is 13.9. The normalized spacial score (nSPS) is 10.7. The Morgan fingerprint density at radius 3 is 2.85 bits per heavy atom. The highest BCUT2D eigenvalue weighted by molar-refractivity contribution is 9.11.